The largest absolute Gasteiger partial charge is 0.419 e. The number of halogens is 6. The number of nitrogens with zero attached hydrogens (tertiary/aromatic N) is 1. The van der Waals surface area contributed by atoms with E-state index in [2.05, 4.69) is 4.28 Å². The molecule has 4 nitrogen and oxygen atoms in total. The number of benzene rings is 1. The highest BCUT2D eigenvalue weighted by atomic mass is 32.2. The van der Waals surface area contributed by atoms with Gasteiger partial charge in [-0.15, -0.1) is 5.06 Å². The molecule has 1 fully saturated rings. The molecule has 0 N–H and O–H groups in total. The van der Waals surface area contributed by atoms with Gasteiger partial charge in [0, 0.05) is 0 Å². The zero-order valence-electron chi connectivity index (χ0n) is 9.94. The van der Waals surface area contributed by atoms with Crippen molar-refractivity contribution in [3.8, 4) is 0 Å². The summed E-state index contributed by atoms with van der Waals surface area (Å²) in [6, 6.07) is 5.90. The van der Waals surface area contributed by atoms with Crippen molar-refractivity contribution in [2.75, 3.05) is 6.54 Å². The average Bonchev–Trinajstić information content (AvgIpc) is 3.04. The van der Waals surface area contributed by atoms with E-state index >= 15 is 0 Å². The number of hydrogen-bond acceptors (Lipinski definition) is 4. The van der Waals surface area contributed by atoms with Gasteiger partial charge in [0.1, 0.15) is 0 Å². The average molecular weight is 335 g/mol. The molecule has 0 spiro atoms. The minimum Gasteiger partial charge on any atom is -0.192 e. The van der Waals surface area contributed by atoms with Crippen LogP contribution in [0.3, 0.4) is 0 Å². The van der Waals surface area contributed by atoms with E-state index in [4.69, 9.17) is 0 Å². The molecule has 1 unspecified atom stereocenters. The van der Waals surface area contributed by atoms with Crippen LogP contribution in [0.5, 0.6) is 0 Å². The summed E-state index contributed by atoms with van der Waals surface area (Å²) in [4.78, 5) is -0.546. The minimum atomic E-state index is -5.71. The molecule has 0 amide bonds. The highest BCUT2D eigenvalue weighted by Gasteiger charge is 2.85. The number of alkyl halides is 6. The van der Waals surface area contributed by atoms with Crippen molar-refractivity contribution in [1.29, 1.82) is 0 Å². The van der Waals surface area contributed by atoms with Crippen LogP contribution in [0.2, 0.25) is 0 Å². The van der Waals surface area contributed by atoms with Crippen LogP contribution in [-0.4, -0.2) is 37.9 Å². The Morgan fingerprint density at radius 1 is 1.00 bits per heavy atom. The summed E-state index contributed by atoms with van der Waals surface area (Å²) in [6.45, 7) is -1.63. The van der Waals surface area contributed by atoms with Crippen LogP contribution in [0.25, 0.3) is 0 Å². The van der Waals surface area contributed by atoms with Gasteiger partial charge in [0.15, 0.2) is 0 Å². The Balaban J connectivity index is 2.27. The highest BCUT2D eigenvalue weighted by Crippen LogP contribution is 2.56. The number of hydrogen-bond donors (Lipinski definition) is 0. The fourth-order valence-corrected chi connectivity index (χ4v) is 2.63. The normalized spacial score (nSPS) is 22.1. The van der Waals surface area contributed by atoms with Gasteiger partial charge in [-0.1, -0.05) is 18.2 Å². The van der Waals surface area contributed by atoms with Gasteiger partial charge in [0.25, 0.3) is 5.54 Å². The summed E-state index contributed by atoms with van der Waals surface area (Å²) in [5, 5.41) is -0.630. The standard InChI is InChI=1S/C10H7F6NO3S/c11-9(12,13)8(10(14,15)16)6-17(8)20-21(18,19)7-4-2-1-3-5-7/h1-5H,6H2. The van der Waals surface area contributed by atoms with Crippen LogP contribution in [0.4, 0.5) is 26.3 Å². The fraction of sp³-hybridized carbons (Fsp3) is 0.400. The molecule has 1 aliphatic rings. The molecule has 1 heterocycles. The topological polar surface area (TPSA) is 46.4 Å². The Labute approximate surface area is 115 Å². The lowest BCUT2D eigenvalue weighted by Gasteiger charge is -2.22. The van der Waals surface area contributed by atoms with Crippen molar-refractivity contribution in [3.05, 3.63) is 30.3 Å². The Hall–Kier alpha value is -1.33. The summed E-state index contributed by atoms with van der Waals surface area (Å²) in [5.41, 5.74) is -4.29. The molecule has 0 saturated carbocycles. The molecular formula is C10H7F6NO3S. The third-order valence-electron chi connectivity index (χ3n) is 2.85. The zero-order chi connectivity index (χ0) is 16.1. The molecule has 1 aliphatic heterocycles. The van der Waals surface area contributed by atoms with Crippen LogP contribution < -0.4 is 0 Å². The van der Waals surface area contributed by atoms with Crippen LogP contribution >= 0.6 is 0 Å². The lowest BCUT2D eigenvalue weighted by molar-refractivity contribution is -0.294. The maximum absolute atomic E-state index is 12.6. The van der Waals surface area contributed by atoms with E-state index in [-0.39, 0.29) is 0 Å². The first kappa shape index (κ1) is 16.0. The summed E-state index contributed by atoms with van der Waals surface area (Å²) in [7, 11) is -4.76. The first-order valence-electron chi connectivity index (χ1n) is 5.32. The van der Waals surface area contributed by atoms with Crippen molar-refractivity contribution in [3.63, 3.8) is 0 Å². The maximum Gasteiger partial charge on any atom is 0.419 e. The van der Waals surface area contributed by atoms with E-state index < -0.39 is 44.5 Å². The summed E-state index contributed by atoms with van der Waals surface area (Å²) < 4.78 is 103. The lowest BCUT2D eigenvalue weighted by Crippen LogP contribution is -2.49. The van der Waals surface area contributed by atoms with Gasteiger partial charge >= 0.3 is 22.5 Å². The molecule has 0 aliphatic carbocycles. The van der Waals surface area contributed by atoms with Gasteiger partial charge in [-0.05, 0) is 12.1 Å². The molecule has 11 heteroatoms. The number of hydroxylamine groups is 2. The molecule has 1 aromatic carbocycles. The van der Waals surface area contributed by atoms with E-state index in [1.165, 1.54) is 18.2 Å². The van der Waals surface area contributed by atoms with Gasteiger partial charge in [-0.2, -0.15) is 39.0 Å². The Bertz CT molecular complexity index is 610. The predicted octanol–water partition coefficient (Wildman–Crippen LogP) is 2.49. The second-order valence-electron chi connectivity index (χ2n) is 4.23. The van der Waals surface area contributed by atoms with Crippen LogP contribution in [0, 0.1) is 0 Å². The molecular weight excluding hydrogens is 328 g/mol. The van der Waals surface area contributed by atoms with E-state index in [1.807, 2.05) is 0 Å². The first-order chi connectivity index (χ1) is 9.42. The quantitative estimate of drug-likeness (QED) is 0.629. The fourth-order valence-electron chi connectivity index (χ4n) is 1.63. The first-order valence-corrected chi connectivity index (χ1v) is 6.73. The molecule has 0 bridgehead atoms. The summed E-state index contributed by atoms with van der Waals surface area (Å²) >= 11 is 0. The second-order valence-corrected chi connectivity index (χ2v) is 5.76. The Morgan fingerprint density at radius 2 is 1.48 bits per heavy atom. The lowest BCUT2D eigenvalue weighted by atomic mass is 10.1. The molecule has 1 aromatic rings. The van der Waals surface area contributed by atoms with Gasteiger partial charge in [-0.25, -0.2) is 0 Å². The summed E-state index contributed by atoms with van der Waals surface area (Å²) in [6.07, 6.45) is -11.4. The molecule has 21 heavy (non-hydrogen) atoms. The molecule has 1 atom stereocenters. The van der Waals surface area contributed by atoms with E-state index in [1.54, 1.807) is 0 Å². The smallest absolute Gasteiger partial charge is 0.192 e. The van der Waals surface area contributed by atoms with Crippen molar-refractivity contribution < 1.29 is 39.0 Å². The van der Waals surface area contributed by atoms with Gasteiger partial charge < -0.3 is 0 Å². The summed E-state index contributed by atoms with van der Waals surface area (Å²) in [5.74, 6) is 0. The van der Waals surface area contributed by atoms with Crippen molar-refractivity contribution in [2.45, 2.75) is 22.8 Å². The highest BCUT2D eigenvalue weighted by molar-refractivity contribution is 7.86. The predicted molar refractivity (Wildman–Crippen MR) is 56.3 cm³/mol. The van der Waals surface area contributed by atoms with Gasteiger partial charge in [0.05, 0.1) is 11.4 Å². The number of rotatable bonds is 3. The maximum atomic E-state index is 12.6. The van der Waals surface area contributed by atoms with E-state index in [0.717, 1.165) is 12.1 Å². The Kier molecular flexibility index (Phi) is 3.50. The van der Waals surface area contributed by atoms with Crippen LogP contribution in [0.15, 0.2) is 35.2 Å². The van der Waals surface area contributed by atoms with Crippen molar-refractivity contribution in [2.24, 2.45) is 0 Å². The van der Waals surface area contributed by atoms with Gasteiger partial charge in [0.2, 0.25) is 0 Å². The van der Waals surface area contributed by atoms with Gasteiger partial charge in [-0.3, -0.25) is 0 Å². The van der Waals surface area contributed by atoms with E-state index in [0.29, 0.717) is 0 Å². The van der Waals surface area contributed by atoms with Crippen molar-refractivity contribution >= 4 is 10.1 Å². The third-order valence-corrected chi connectivity index (χ3v) is 4.08. The monoisotopic (exact) mass is 335 g/mol. The third kappa shape index (κ3) is 2.60. The molecule has 1 saturated heterocycles. The Morgan fingerprint density at radius 3 is 1.86 bits per heavy atom. The molecule has 2 rings (SSSR count). The zero-order valence-corrected chi connectivity index (χ0v) is 10.8. The SMILES string of the molecule is O=S(=O)(ON1CC1(C(F)(F)F)C(F)(F)F)c1ccccc1. The second kappa shape index (κ2) is 4.58. The molecule has 0 radical (unpaired) electrons. The molecule has 118 valence electrons. The van der Waals surface area contributed by atoms with Crippen LogP contribution in [-0.2, 0) is 14.4 Å². The minimum absolute atomic E-state index is 0.546. The van der Waals surface area contributed by atoms with Crippen molar-refractivity contribution in [1.82, 2.24) is 5.06 Å². The van der Waals surface area contributed by atoms with Crippen LogP contribution in [0.1, 0.15) is 0 Å². The molecule has 0 aromatic heterocycles. The van der Waals surface area contributed by atoms with E-state index in [9.17, 15) is 34.8 Å².